The van der Waals surface area contributed by atoms with Crippen molar-refractivity contribution in [3.8, 4) is 17.2 Å². The van der Waals surface area contributed by atoms with Gasteiger partial charge >= 0.3 is 0 Å². The summed E-state index contributed by atoms with van der Waals surface area (Å²) in [5.41, 5.74) is 3.30. The molecule has 3 aromatic heterocycles. The number of aromatic nitrogens is 3. The maximum atomic E-state index is 5.54. The Morgan fingerprint density at radius 1 is 0.417 bits per heavy atom. The molecule has 0 unspecified atom stereocenters. The molecule has 0 aliphatic rings. The van der Waals surface area contributed by atoms with Crippen LogP contribution in [0.1, 0.15) is 0 Å². The lowest BCUT2D eigenvalue weighted by Gasteiger charge is -2.12. The zero-order valence-electron chi connectivity index (χ0n) is 25.7. The Balaban J connectivity index is 1.31. The summed E-state index contributed by atoms with van der Waals surface area (Å²) in [5, 5.41) is 14.6. The maximum absolute atomic E-state index is 5.54. The zero-order chi connectivity index (χ0) is 31.3. The molecule has 0 amide bonds. The van der Waals surface area contributed by atoms with E-state index in [0.29, 0.717) is 0 Å². The molecule has 0 bridgehead atoms. The van der Waals surface area contributed by atoms with Gasteiger partial charge in [0.15, 0.2) is 11.6 Å². The van der Waals surface area contributed by atoms with Crippen molar-refractivity contribution in [2.75, 3.05) is 0 Å². The highest BCUT2D eigenvalue weighted by Crippen LogP contribution is 2.43. The molecule has 0 atom stereocenters. The van der Waals surface area contributed by atoms with E-state index >= 15 is 0 Å². The highest BCUT2D eigenvalue weighted by Gasteiger charge is 2.22. The predicted octanol–water partition coefficient (Wildman–Crippen LogP) is 12.2. The Labute approximate surface area is 278 Å². The van der Waals surface area contributed by atoms with E-state index in [4.69, 9.17) is 9.97 Å². The van der Waals surface area contributed by atoms with Crippen molar-refractivity contribution < 1.29 is 0 Å². The van der Waals surface area contributed by atoms with Crippen LogP contribution >= 0.6 is 11.3 Å². The molecule has 0 saturated heterocycles. The van der Waals surface area contributed by atoms with Gasteiger partial charge < -0.3 is 0 Å². The van der Waals surface area contributed by atoms with Crippen molar-refractivity contribution in [2.45, 2.75) is 0 Å². The minimum absolute atomic E-state index is 0.732. The minimum Gasteiger partial charge on any atom is -0.293 e. The maximum Gasteiger partial charge on any atom is 0.163 e. The molecule has 0 spiro atoms. The Bertz CT molecular complexity index is 3130. The van der Waals surface area contributed by atoms with Gasteiger partial charge in [0.25, 0.3) is 0 Å². The highest BCUT2D eigenvalue weighted by atomic mass is 32.1. The lowest BCUT2D eigenvalue weighted by Crippen LogP contribution is -2.02. The van der Waals surface area contributed by atoms with E-state index in [2.05, 4.69) is 156 Å². The SMILES string of the molecule is c1ccc2cc3c(cc2c1)c1c2ccccc2ccc1n3-c1nc(-c2ccc3ccc4ccccc4c3c2)nc2sc3ccccc3c12. The molecular weight excluding hydrogens is 603 g/mol. The van der Waals surface area contributed by atoms with E-state index in [0.717, 1.165) is 38.5 Å². The molecule has 0 aliphatic heterocycles. The third-order valence-corrected chi connectivity index (χ3v) is 11.0. The van der Waals surface area contributed by atoms with Crippen LogP contribution in [0.3, 0.4) is 0 Å². The van der Waals surface area contributed by atoms with E-state index in [9.17, 15) is 0 Å². The average molecular weight is 628 g/mol. The van der Waals surface area contributed by atoms with Gasteiger partial charge in [-0.25, -0.2) is 9.97 Å². The largest absolute Gasteiger partial charge is 0.293 e. The fourth-order valence-electron chi connectivity index (χ4n) is 7.74. The molecule has 3 heterocycles. The second-order valence-electron chi connectivity index (χ2n) is 12.6. The molecule has 48 heavy (non-hydrogen) atoms. The van der Waals surface area contributed by atoms with E-state index < -0.39 is 0 Å². The van der Waals surface area contributed by atoms with Gasteiger partial charge in [0.2, 0.25) is 0 Å². The molecule has 0 radical (unpaired) electrons. The summed E-state index contributed by atoms with van der Waals surface area (Å²) in [5.74, 6) is 1.64. The second kappa shape index (κ2) is 9.71. The van der Waals surface area contributed by atoms with Crippen LogP contribution in [0.5, 0.6) is 0 Å². The summed E-state index contributed by atoms with van der Waals surface area (Å²) in [7, 11) is 0. The predicted molar refractivity (Wildman–Crippen MR) is 205 cm³/mol. The second-order valence-corrected chi connectivity index (χ2v) is 13.6. The smallest absolute Gasteiger partial charge is 0.163 e. The first kappa shape index (κ1) is 26.0. The summed E-state index contributed by atoms with van der Waals surface area (Å²) >= 11 is 1.74. The molecule has 3 nitrogen and oxygen atoms in total. The van der Waals surface area contributed by atoms with Crippen LogP contribution in [0.25, 0.3) is 102 Å². The van der Waals surface area contributed by atoms with Crippen LogP contribution < -0.4 is 0 Å². The molecule has 8 aromatic carbocycles. The summed E-state index contributed by atoms with van der Waals surface area (Å²) in [6.07, 6.45) is 0. The number of hydrogen-bond acceptors (Lipinski definition) is 3. The van der Waals surface area contributed by atoms with Crippen LogP contribution in [-0.4, -0.2) is 14.5 Å². The third-order valence-electron chi connectivity index (χ3n) is 9.96. The summed E-state index contributed by atoms with van der Waals surface area (Å²) in [6, 6.07) is 54.8. The van der Waals surface area contributed by atoms with Gasteiger partial charge in [0.05, 0.1) is 16.4 Å². The topological polar surface area (TPSA) is 30.7 Å². The van der Waals surface area contributed by atoms with Crippen molar-refractivity contribution in [2.24, 2.45) is 0 Å². The average Bonchev–Trinajstić information content (AvgIpc) is 3.68. The van der Waals surface area contributed by atoms with Crippen molar-refractivity contribution in [1.82, 2.24) is 14.5 Å². The molecule has 0 aliphatic carbocycles. The number of rotatable bonds is 2. The highest BCUT2D eigenvalue weighted by molar-refractivity contribution is 7.25. The quantitative estimate of drug-likeness (QED) is 0.179. The molecule has 4 heteroatoms. The van der Waals surface area contributed by atoms with Crippen LogP contribution in [0.15, 0.2) is 152 Å². The zero-order valence-corrected chi connectivity index (χ0v) is 26.5. The van der Waals surface area contributed by atoms with Crippen molar-refractivity contribution >= 4 is 96.5 Å². The van der Waals surface area contributed by atoms with Crippen LogP contribution in [0, 0.1) is 0 Å². The first-order valence-corrected chi connectivity index (χ1v) is 17.1. The van der Waals surface area contributed by atoms with Crippen LogP contribution in [0.4, 0.5) is 0 Å². The number of hydrogen-bond donors (Lipinski definition) is 0. The van der Waals surface area contributed by atoms with E-state index in [1.165, 1.54) is 63.9 Å². The normalized spacial score (nSPS) is 12.2. The number of fused-ring (bicyclic) bond motifs is 12. The molecule has 0 N–H and O–H groups in total. The fourth-order valence-corrected chi connectivity index (χ4v) is 8.81. The monoisotopic (exact) mass is 627 g/mol. The Morgan fingerprint density at radius 2 is 1.04 bits per heavy atom. The van der Waals surface area contributed by atoms with Gasteiger partial charge in [0.1, 0.15) is 4.83 Å². The lowest BCUT2D eigenvalue weighted by atomic mass is 10.00. The van der Waals surface area contributed by atoms with E-state index in [1.807, 2.05) is 0 Å². The standard InChI is InChI=1S/C44H25N3S/c1-2-12-30-25-38-36(23-29(30)11-1)40-33-14-6-4-10-27(33)21-22-37(40)47(38)43-41-34-15-7-8-16-39(34)48-44(41)46-42(45-43)31-20-19-28-18-17-26-9-3-5-13-32(26)35(28)24-31/h1-25H. The van der Waals surface area contributed by atoms with E-state index in [-0.39, 0.29) is 0 Å². The van der Waals surface area contributed by atoms with Crippen LogP contribution in [-0.2, 0) is 0 Å². The molecular formula is C44H25N3S. The summed E-state index contributed by atoms with van der Waals surface area (Å²) in [6.45, 7) is 0. The molecule has 0 saturated carbocycles. The minimum atomic E-state index is 0.732. The van der Waals surface area contributed by atoms with Gasteiger partial charge in [-0.3, -0.25) is 4.57 Å². The Morgan fingerprint density at radius 3 is 1.88 bits per heavy atom. The van der Waals surface area contributed by atoms with E-state index in [1.54, 1.807) is 11.3 Å². The van der Waals surface area contributed by atoms with Crippen molar-refractivity contribution in [3.63, 3.8) is 0 Å². The number of nitrogens with zero attached hydrogens (tertiary/aromatic N) is 3. The lowest BCUT2D eigenvalue weighted by molar-refractivity contribution is 1.08. The van der Waals surface area contributed by atoms with Crippen molar-refractivity contribution in [1.29, 1.82) is 0 Å². The van der Waals surface area contributed by atoms with Crippen molar-refractivity contribution in [3.05, 3.63) is 152 Å². The van der Waals surface area contributed by atoms with Gasteiger partial charge in [0, 0.05) is 26.4 Å². The number of benzene rings is 8. The third kappa shape index (κ3) is 3.63. The number of thiophene rings is 1. The summed E-state index contributed by atoms with van der Waals surface area (Å²) < 4.78 is 3.61. The van der Waals surface area contributed by atoms with Crippen LogP contribution in [0.2, 0.25) is 0 Å². The fraction of sp³-hybridized carbons (Fsp3) is 0. The first-order valence-electron chi connectivity index (χ1n) is 16.2. The Hall–Kier alpha value is -6.10. The first-order chi connectivity index (χ1) is 23.8. The molecule has 11 aromatic rings. The van der Waals surface area contributed by atoms with Gasteiger partial charge in [-0.15, -0.1) is 11.3 Å². The molecule has 11 rings (SSSR count). The van der Waals surface area contributed by atoms with Gasteiger partial charge in [-0.1, -0.05) is 121 Å². The van der Waals surface area contributed by atoms with Gasteiger partial charge in [-0.05, 0) is 73.4 Å². The van der Waals surface area contributed by atoms with Gasteiger partial charge in [-0.2, -0.15) is 0 Å². The molecule has 0 fully saturated rings. The Kier molecular flexibility index (Phi) is 5.26. The molecule has 222 valence electrons. The summed E-state index contributed by atoms with van der Waals surface area (Å²) in [4.78, 5) is 11.8.